The molecule has 2 heterocycles. The van der Waals surface area contributed by atoms with E-state index in [1.807, 2.05) is 45.9 Å². The van der Waals surface area contributed by atoms with Gasteiger partial charge in [0.2, 0.25) is 0 Å². The number of benzene rings is 4. The van der Waals surface area contributed by atoms with Crippen molar-refractivity contribution in [2.45, 2.75) is 62.0 Å². The van der Waals surface area contributed by atoms with Crippen molar-refractivity contribution in [3.63, 3.8) is 0 Å². The molecule has 0 aliphatic carbocycles. The first-order chi connectivity index (χ1) is 23.0. The second-order valence-corrected chi connectivity index (χ2v) is 12.9. The van der Waals surface area contributed by atoms with Gasteiger partial charge in [0.1, 0.15) is 0 Å². The van der Waals surface area contributed by atoms with Crippen LogP contribution in [0.3, 0.4) is 0 Å². The normalized spacial score (nSPS) is 15.7. The van der Waals surface area contributed by atoms with Crippen LogP contribution in [-0.2, 0) is 0 Å². The second kappa shape index (κ2) is 20.4. The lowest BCUT2D eigenvalue weighted by Crippen LogP contribution is -2.09. The molecule has 2 aliphatic heterocycles. The maximum absolute atomic E-state index is 8.10. The molecule has 6 rings (SSSR count). The minimum Gasteiger partial charge on any atom is -0.384 e. The van der Waals surface area contributed by atoms with E-state index in [1.54, 1.807) is 33.7 Å². The molecule has 0 bridgehead atoms. The van der Waals surface area contributed by atoms with E-state index >= 15 is 0 Å². The second-order valence-electron chi connectivity index (χ2n) is 8.43. The van der Waals surface area contributed by atoms with E-state index in [0.29, 0.717) is 25.2 Å². The molecule has 0 fully saturated rings. The fraction of sp³-hybridized carbons (Fsp3) is 0.294. The Kier molecular flexibility index (Phi) is 13.7. The van der Waals surface area contributed by atoms with Crippen LogP contribution in [0.15, 0.2) is 117 Å². The molecule has 0 aromatic heterocycles. The highest BCUT2D eigenvalue weighted by Gasteiger charge is 2.09. The quantitative estimate of drug-likeness (QED) is 0.140. The molecule has 0 radical (unpaired) electrons. The van der Waals surface area contributed by atoms with Gasteiger partial charge in [-0.2, -0.15) is 0 Å². The van der Waals surface area contributed by atoms with Gasteiger partial charge in [-0.1, -0.05) is 121 Å². The lowest BCUT2D eigenvalue weighted by atomic mass is 10.3. The van der Waals surface area contributed by atoms with Crippen LogP contribution in [0.5, 0.6) is 0 Å². The van der Waals surface area contributed by atoms with E-state index in [4.69, 9.17) is 8.22 Å². The number of hydrogen-bond donors (Lipinski definition) is 4. The van der Waals surface area contributed by atoms with Crippen LogP contribution in [-0.4, -0.2) is 26.2 Å². The monoisotopic (exact) mass is 652 g/mol. The fourth-order valence-corrected chi connectivity index (χ4v) is 8.34. The third-order valence-corrected chi connectivity index (χ3v) is 10.7. The molecule has 228 valence electrons. The van der Waals surface area contributed by atoms with Crippen LogP contribution in [0, 0.1) is 0 Å². The van der Waals surface area contributed by atoms with Crippen molar-refractivity contribution in [1.29, 1.82) is 0 Å². The van der Waals surface area contributed by atoms with Crippen molar-refractivity contribution in [3.8, 4) is 0 Å². The Morgan fingerprint density at radius 2 is 0.810 bits per heavy atom. The van der Waals surface area contributed by atoms with Crippen LogP contribution in [0.1, 0.15) is 50.7 Å². The minimum absolute atomic E-state index is 0. The zero-order valence-corrected chi connectivity index (χ0v) is 27.1. The summed E-state index contributed by atoms with van der Waals surface area (Å²) in [4.78, 5) is 4.55. The van der Waals surface area contributed by atoms with E-state index in [2.05, 4.69) is 69.8 Å². The lowest BCUT2D eigenvalue weighted by molar-refractivity contribution is 0.904. The van der Waals surface area contributed by atoms with Crippen molar-refractivity contribution in [2.24, 2.45) is 0 Å². The molecule has 4 nitrogen and oxygen atoms in total. The first-order valence-corrected chi connectivity index (χ1v) is 16.8. The van der Waals surface area contributed by atoms with Crippen molar-refractivity contribution < 1.29 is 8.22 Å². The van der Waals surface area contributed by atoms with Crippen molar-refractivity contribution in [2.75, 3.05) is 47.4 Å². The summed E-state index contributed by atoms with van der Waals surface area (Å²) in [6.07, 6.45) is 0.831. The molecule has 0 atom stereocenters. The van der Waals surface area contributed by atoms with Crippen LogP contribution in [0.25, 0.3) is 0 Å². The van der Waals surface area contributed by atoms with E-state index in [0.717, 1.165) is 40.7 Å². The van der Waals surface area contributed by atoms with Gasteiger partial charge in [0.25, 0.3) is 0 Å². The van der Waals surface area contributed by atoms with Gasteiger partial charge in [-0.3, -0.25) is 0 Å². The minimum atomic E-state index is -0.278. The predicted octanol–water partition coefficient (Wildman–Crippen LogP) is 12.0. The molecule has 0 unspecified atom stereocenters. The highest BCUT2D eigenvalue weighted by atomic mass is 33.1. The maximum atomic E-state index is 8.10. The number of rotatable bonds is 0. The van der Waals surface area contributed by atoms with Gasteiger partial charge in [-0.05, 0) is 61.3 Å². The molecule has 4 N–H and O–H groups in total. The van der Waals surface area contributed by atoms with Gasteiger partial charge in [0, 0.05) is 74.0 Å². The summed E-state index contributed by atoms with van der Waals surface area (Å²) < 4.78 is 40.9. The topological polar surface area (TPSA) is 48.1 Å². The Bertz CT molecular complexity index is 1360. The average molecular weight is 653 g/mol. The molecule has 8 heteroatoms. The van der Waals surface area contributed by atoms with Gasteiger partial charge in [-0.15, -0.1) is 0 Å². The average Bonchev–Trinajstić information content (AvgIpc) is 3.18. The highest BCUT2D eigenvalue weighted by molar-refractivity contribution is 8.77. The van der Waals surface area contributed by atoms with Crippen molar-refractivity contribution >= 4 is 65.9 Å². The SMILES string of the molecule is C.[3H]C.[3H]C.[3H]C.[3H]c1ccc2c(c1)SSc1cc([3H])ccc1NCC([3H])CN2.c1ccc2c(c1)NCCCNc1ccccc1SS2. The molecular weight excluding hydrogens is 593 g/mol. The number of para-hydroxylation sites is 4. The molecule has 2 aliphatic rings. The van der Waals surface area contributed by atoms with Gasteiger partial charge in [0.05, 0.1) is 2.74 Å². The van der Waals surface area contributed by atoms with Crippen molar-refractivity contribution in [1.82, 2.24) is 0 Å². The Balaban J connectivity index is 0.000000411. The first-order valence-electron chi connectivity index (χ1n) is 17.1. The molecule has 0 saturated heterocycles. The molecule has 0 saturated carbocycles. The van der Waals surface area contributed by atoms with E-state index < -0.39 is 0 Å². The van der Waals surface area contributed by atoms with E-state index in [9.17, 15) is 0 Å². The summed E-state index contributed by atoms with van der Waals surface area (Å²) >= 11 is 0. The predicted molar refractivity (Wildman–Crippen MR) is 199 cm³/mol. The Morgan fingerprint density at radius 1 is 0.476 bits per heavy atom. The summed E-state index contributed by atoms with van der Waals surface area (Å²) in [7, 11) is 10.5. The van der Waals surface area contributed by atoms with E-state index in [1.165, 1.54) is 43.4 Å². The summed E-state index contributed by atoms with van der Waals surface area (Å²) in [5, 5.41) is 13.6. The van der Waals surface area contributed by atoms with Crippen LogP contribution >= 0.6 is 43.2 Å². The van der Waals surface area contributed by atoms with E-state index in [-0.39, 0.29) is 13.8 Å². The highest BCUT2D eigenvalue weighted by Crippen LogP contribution is 2.44. The molecule has 0 amide bonds. The maximum Gasteiger partial charge on any atom is 0.0623 e. The summed E-state index contributed by atoms with van der Waals surface area (Å²) in [5.41, 5.74) is 4.38. The smallest absolute Gasteiger partial charge is 0.0623 e. The Labute approximate surface area is 279 Å². The van der Waals surface area contributed by atoms with Gasteiger partial charge < -0.3 is 21.3 Å². The number of nitrogens with one attached hydrogen (secondary N) is 4. The number of anilines is 4. The molecule has 4 aromatic carbocycles. The third kappa shape index (κ3) is 11.0. The molecule has 4 aromatic rings. The van der Waals surface area contributed by atoms with Crippen LogP contribution < -0.4 is 21.3 Å². The Morgan fingerprint density at radius 3 is 1.24 bits per heavy atom. The molecular formula is C34H48N4S4. The third-order valence-electron chi connectivity index (χ3n) is 5.73. The number of hydrogen-bond acceptors (Lipinski definition) is 8. The number of fused-ring (bicyclic) bond motifs is 4. The van der Waals surface area contributed by atoms with Crippen molar-refractivity contribution in [3.05, 3.63) is 97.0 Å². The summed E-state index contributed by atoms with van der Waals surface area (Å²) in [5.74, 6) is 0. The molecule has 42 heavy (non-hydrogen) atoms. The van der Waals surface area contributed by atoms with Crippen LogP contribution in [0.2, 0.25) is 0 Å². The summed E-state index contributed by atoms with van der Waals surface area (Å²) in [6, 6.07) is 28.9. The zero-order valence-electron chi connectivity index (χ0n) is 29.8. The van der Waals surface area contributed by atoms with Gasteiger partial charge in [-0.25, -0.2) is 0 Å². The zero-order chi connectivity index (χ0) is 34.4. The summed E-state index contributed by atoms with van der Waals surface area (Å²) in [6.45, 7) is 3.09. The fourth-order valence-electron chi connectivity index (χ4n) is 3.78. The van der Waals surface area contributed by atoms with Crippen LogP contribution in [0.4, 0.5) is 22.7 Å². The Hall–Kier alpha value is -2.52. The lowest BCUT2D eigenvalue weighted by Gasteiger charge is -2.10. The standard InChI is InChI=1S/2C15H16N2S2.4CH4/c2*1-3-8-14-12(6-1)16-10-5-11-17-13-7-2-4-9-15(13)19-18-14;;;;/h2*1-4,6-9,16-17H,5,10-11H2;4*1H4/i3T,4T,5T;;3*1T;. The van der Waals surface area contributed by atoms with Gasteiger partial charge in [0.15, 0.2) is 0 Å². The molecule has 0 spiro atoms. The van der Waals surface area contributed by atoms with Gasteiger partial charge >= 0.3 is 0 Å². The first kappa shape index (κ1) is 28.3. The largest absolute Gasteiger partial charge is 0.384 e.